The molecule has 8 heteroatoms. The normalized spacial score (nSPS) is 12.4. The Balaban J connectivity index is 2.00. The molecule has 24 heavy (non-hydrogen) atoms. The van der Waals surface area contributed by atoms with Crippen LogP contribution in [-0.4, -0.2) is 37.9 Å². The average Bonchev–Trinajstić information content (AvgIpc) is 3.07. The Labute approximate surface area is 145 Å². The van der Waals surface area contributed by atoms with Gasteiger partial charge in [0.15, 0.2) is 0 Å². The minimum atomic E-state index is -3.71. The van der Waals surface area contributed by atoms with Crippen molar-refractivity contribution >= 4 is 33.0 Å². The van der Waals surface area contributed by atoms with Crippen LogP contribution in [0.25, 0.3) is 0 Å². The molecule has 1 heterocycles. The minimum Gasteiger partial charge on any atom is -0.272 e. The number of thiophene rings is 1. The number of likely N-dealkylation sites (N-methyl/N-ethyl adjacent to an activating group) is 1. The molecular weight excluding hydrogens is 346 g/mol. The first-order chi connectivity index (χ1) is 11.3. The summed E-state index contributed by atoms with van der Waals surface area (Å²) in [6, 6.07) is 10.3. The van der Waals surface area contributed by atoms with Crippen LogP contribution in [0.2, 0.25) is 0 Å². The molecule has 0 spiro atoms. The van der Waals surface area contributed by atoms with E-state index in [4.69, 9.17) is 0 Å². The van der Waals surface area contributed by atoms with E-state index in [1.54, 1.807) is 19.1 Å². The lowest BCUT2D eigenvalue weighted by molar-refractivity contribution is -0.121. The summed E-state index contributed by atoms with van der Waals surface area (Å²) in [6.07, 6.45) is 0. The number of aryl methyl sites for hydroxylation is 1. The number of hydrazone groups is 1. The van der Waals surface area contributed by atoms with E-state index in [2.05, 4.69) is 10.5 Å². The van der Waals surface area contributed by atoms with Gasteiger partial charge in [0, 0.05) is 11.9 Å². The molecule has 128 valence electrons. The highest BCUT2D eigenvalue weighted by Gasteiger charge is 2.22. The lowest BCUT2D eigenvalue weighted by Crippen LogP contribution is -2.36. The van der Waals surface area contributed by atoms with E-state index in [1.807, 2.05) is 24.4 Å². The van der Waals surface area contributed by atoms with Crippen molar-refractivity contribution in [1.29, 1.82) is 0 Å². The summed E-state index contributed by atoms with van der Waals surface area (Å²) in [5.74, 6) is -0.496. The first-order valence-corrected chi connectivity index (χ1v) is 9.52. The van der Waals surface area contributed by atoms with Gasteiger partial charge in [-0.3, -0.25) is 4.79 Å². The van der Waals surface area contributed by atoms with Crippen molar-refractivity contribution < 1.29 is 13.2 Å². The maximum Gasteiger partial charge on any atom is 0.255 e. The molecule has 0 atom stereocenters. The van der Waals surface area contributed by atoms with Gasteiger partial charge in [-0.2, -0.15) is 9.41 Å². The Morgan fingerprint density at radius 2 is 1.92 bits per heavy atom. The van der Waals surface area contributed by atoms with Gasteiger partial charge >= 0.3 is 0 Å². The highest BCUT2D eigenvalue weighted by molar-refractivity contribution is 7.89. The van der Waals surface area contributed by atoms with Crippen LogP contribution in [-0.2, 0) is 14.8 Å². The summed E-state index contributed by atoms with van der Waals surface area (Å²) in [5, 5.41) is 5.91. The first-order valence-electron chi connectivity index (χ1n) is 7.20. The standard InChI is InChI=1S/C16H19N3O3S2/c1-12-6-8-14(9-7-12)24(21,22)19(3)11-16(20)18-17-13(2)15-5-4-10-23-15/h4-10H,11H2,1-3H3,(H,18,20)/b17-13+. The van der Waals surface area contributed by atoms with Crippen LogP contribution in [0.3, 0.4) is 0 Å². The summed E-state index contributed by atoms with van der Waals surface area (Å²) < 4.78 is 25.8. The third kappa shape index (κ3) is 4.50. The van der Waals surface area contributed by atoms with Gasteiger partial charge in [-0.05, 0) is 37.4 Å². The second-order valence-corrected chi connectivity index (χ2v) is 8.28. The molecular formula is C16H19N3O3S2. The molecule has 1 N–H and O–H groups in total. The van der Waals surface area contributed by atoms with Crippen LogP contribution in [0.4, 0.5) is 0 Å². The molecule has 1 amide bonds. The Kier molecular flexibility index (Phi) is 5.87. The molecule has 0 aliphatic rings. The predicted octanol–water partition coefficient (Wildman–Crippen LogP) is 2.22. The van der Waals surface area contributed by atoms with Gasteiger partial charge in [0.05, 0.1) is 17.2 Å². The molecule has 0 saturated carbocycles. The average molecular weight is 365 g/mol. The Bertz CT molecular complexity index is 826. The minimum absolute atomic E-state index is 0.154. The van der Waals surface area contributed by atoms with Crippen molar-refractivity contribution in [3.05, 3.63) is 52.2 Å². The molecule has 0 saturated heterocycles. The van der Waals surface area contributed by atoms with Crippen molar-refractivity contribution in [2.45, 2.75) is 18.7 Å². The van der Waals surface area contributed by atoms with Crippen molar-refractivity contribution in [1.82, 2.24) is 9.73 Å². The maximum atomic E-state index is 12.4. The fourth-order valence-electron chi connectivity index (χ4n) is 1.90. The number of sulfonamides is 1. The topological polar surface area (TPSA) is 78.8 Å². The summed E-state index contributed by atoms with van der Waals surface area (Å²) in [4.78, 5) is 13.0. The SMILES string of the molecule is C/C(=N\NC(=O)CN(C)S(=O)(=O)c1ccc(C)cc1)c1cccs1. The summed E-state index contributed by atoms with van der Waals surface area (Å²) in [5.41, 5.74) is 4.02. The number of hydrogen-bond acceptors (Lipinski definition) is 5. The largest absolute Gasteiger partial charge is 0.272 e. The molecule has 0 radical (unpaired) electrons. The fraction of sp³-hybridized carbons (Fsp3) is 0.250. The molecule has 0 bridgehead atoms. The molecule has 1 aromatic carbocycles. The molecule has 2 aromatic rings. The Hall–Kier alpha value is -2.03. The zero-order valence-electron chi connectivity index (χ0n) is 13.7. The van der Waals surface area contributed by atoms with E-state index in [9.17, 15) is 13.2 Å². The molecule has 6 nitrogen and oxygen atoms in total. The van der Waals surface area contributed by atoms with Gasteiger partial charge in [-0.1, -0.05) is 23.8 Å². The van der Waals surface area contributed by atoms with E-state index >= 15 is 0 Å². The van der Waals surface area contributed by atoms with E-state index in [0.717, 1.165) is 14.7 Å². The van der Waals surface area contributed by atoms with Crippen LogP contribution >= 0.6 is 11.3 Å². The zero-order valence-corrected chi connectivity index (χ0v) is 15.3. The lowest BCUT2D eigenvalue weighted by atomic mass is 10.2. The number of nitrogens with zero attached hydrogens (tertiary/aromatic N) is 2. The second-order valence-electron chi connectivity index (χ2n) is 5.28. The molecule has 2 rings (SSSR count). The van der Waals surface area contributed by atoms with Gasteiger partial charge in [-0.15, -0.1) is 11.3 Å². The molecule has 0 unspecified atom stereocenters. The molecule has 1 aromatic heterocycles. The number of carbonyl (C=O) groups is 1. The van der Waals surface area contributed by atoms with Crippen LogP contribution in [0, 0.1) is 6.92 Å². The Morgan fingerprint density at radius 3 is 2.50 bits per heavy atom. The predicted molar refractivity (Wildman–Crippen MR) is 95.7 cm³/mol. The number of carbonyl (C=O) groups excluding carboxylic acids is 1. The van der Waals surface area contributed by atoms with Crippen LogP contribution in [0.5, 0.6) is 0 Å². The summed E-state index contributed by atoms with van der Waals surface area (Å²) in [6.45, 7) is 3.35. The highest BCUT2D eigenvalue weighted by atomic mass is 32.2. The van der Waals surface area contributed by atoms with Crippen LogP contribution in [0.1, 0.15) is 17.4 Å². The number of rotatable bonds is 6. The summed E-state index contributed by atoms with van der Waals surface area (Å²) >= 11 is 1.51. The number of hydrogen-bond donors (Lipinski definition) is 1. The number of nitrogens with one attached hydrogen (secondary N) is 1. The molecule has 0 aliphatic carbocycles. The van der Waals surface area contributed by atoms with Crippen molar-refractivity contribution in [2.24, 2.45) is 5.10 Å². The van der Waals surface area contributed by atoms with Crippen LogP contribution in [0.15, 0.2) is 51.8 Å². The van der Waals surface area contributed by atoms with Crippen molar-refractivity contribution in [3.63, 3.8) is 0 Å². The van der Waals surface area contributed by atoms with Gasteiger partial charge in [0.25, 0.3) is 5.91 Å². The van der Waals surface area contributed by atoms with Gasteiger partial charge in [0.2, 0.25) is 10.0 Å². The molecule has 0 fully saturated rings. The number of benzene rings is 1. The number of amides is 1. The Morgan fingerprint density at radius 1 is 1.25 bits per heavy atom. The van der Waals surface area contributed by atoms with Gasteiger partial charge in [0.1, 0.15) is 0 Å². The van der Waals surface area contributed by atoms with E-state index in [1.165, 1.54) is 30.5 Å². The summed E-state index contributed by atoms with van der Waals surface area (Å²) in [7, 11) is -2.34. The molecule has 0 aliphatic heterocycles. The van der Waals surface area contributed by atoms with Gasteiger partial charge < -0.3 is 0 Å². The monoisotopic (exact) mass is 365 g/mol. The van der Waals surface area contributed by atoms with Crippen molar-refractivity contribution in [2.75, 3.05) is 13.6 Å². The van der Waals surface area contributed by atoms with E-state index in [0.29, 0.717) is 5.71 Å². The highest BCUT2D eigenvalue weighted by Crippen LogP contribution is 2.14. The lowest BCUT2D eigenvalue weighted by Gasteiger charge is -2.16. The zero-order chi connectivity index (χ0) is 17.7. The van der Waals surface area contributed by atoms with Crippen molar-refractivity contribution in [3.8, 4) is 0 Å². The van der Waals surface area contributed by atoms with Gasteiger partial charge in [-0.25, -0.2) is 13.8 Å². The smallest absolute Gasteiger partial charge is 0.255 e. The van der Waals surface area contributed by atoms with E-state index < -0.39 is 15.9 Å². The first kappa shape index (κ1) is 18.3. The fourth-order valence-corrected chi connectivity index (χ4v) is 3.70. The third-order valence-corrected chi connectivity index (χ3v) is 6.12. The second kappa shape index (κ2) is 7.69. The maximum absolute atomic E-state index is 12.4. The van der Waals surface area contributed by atoms with Crippen LogP contribution < -0.4 is 5.43 Å². The van der Waals surface area contributed by atoms with E-state index in [-0.39, 0.29) is 11.4 Å². The quantitative estimate of drug-likeness (QED) is 0.630. The third-order valence-electron chi connectivity index (χ3n) is 3.32.